The van der Waals surface area contributed by atoms with Crippen LogP contribution in [0.4, 0.5) is 0 Å². The van der Waals surface area contributed by atoms with Gasteiger partial charge in [0.2, 0.25) is 0 Å². The SMILES string of the molecule is CC1CCCCN1S(=O)(=O)N1CCC(=O)CC1. The van der Waals surface area contributed by atoms with Gasteiger partial charge in [-0.05, 0) is 19.8 Å². The first-order chi connectivity index (χ1) is 8.01. The number of ketones is 1. The van der Waals surface area contributed by atoms with Crippen molar-refractivity contribution >= 4 is 16.0 Å². The second kappa shape index (κ2) is 5.04. The van der Waals surface area contributed by atoms with Crippen molar-refractivity contribution in [2.75, 3.05) is 19.6 Å². The molecule has 0 amide bonds. The van der Waals surface area contributed by atoms with Gasteiger partial charge in [0.25, 0.3) is 10.2 Å². The second-order valence-electron chi connectivity index (χ2n) is 4.90. The van der Waals surface area contributed by atoms with Crippen LogP contribution in [-0.4, -0.2) is 48.5 Å². The number of rotatable bonds is 2. The molecule has 2 aliphatic rings. The first-order valence-electron chi connectivity index (χ1n) is 6.30. The maximum absolute atomic E-state index is 12.4. The van der Waals surface area contributed by atoms with Gasteiger partial charge in [-0.25, -0.2) is 0 Å². The van der Waals surface area contributed by atoms with E-state index in [0.717, 1.165) is 19.3 Å². The standard InChI is InChI=1S/C11H20N2O3S/c1-10-4-2-3-7-13(10)17(15,16)12-8-5-11(14)6-9-12/h10H,2-9H2,1H3. The minimum Gasteiger partial charge on any atom is -0.300 e. The van der Waals surface area contributed by atoms with Gasteiger partial charge in [-0.1, -0.05) is 6.42 Å². The van der Waals surface area contributed by atoms with Crippen molar-refractivity contribution in [1.29, 1.82) is 0 Å². The normalized spacial score (nSPS) is 29.5. The second-order valence-corrected chi connectivity index (χ2v) is 6.78. The molecule has 98 valence electrons. The van der Waals surface area contributed by atoms with Crippen LogP contribution >= 0.6 is 0 Å². The third kappa shape index (κ3) is 2.69. The molecule has 0 bridgehead atoms. The van der Waals surface area contributed by atoms with Gasteiger partial charge in [0.1, 0.15) is 5.78 Å². The Morgan fingerprint density at radius 3 is 2.35 bits per heavy atom. The van der Waals surface area contributed by atoms with Crippen molar-refractivity contribution < 1.29 is 13.2 Å². The molecule has 0 aliphatic carbocycles. The van der Waals surface area contributed by atoms with Crippen molar-refractivity contribution in [3.63, 3.8) is 0 Å². The van der Waals surface area contributed by atoms with E-state index in [1.54, 1.807) is 4.31 Å². The van der Waals surface area contributed by atoms with Crippen LogP contribution in [0.2, 0.25) is 0 Å². The van der Waals surface area contributed by atoms with E-state index in [9.17, 15) is 13.2 Å². The van der Waals surface area contributed by atoms with Crippen LogP contribution in [0.1, 0.15) is 39.0 Å². The molecule has 1 unspecified atom stereocenters. The fourth-order valence-electron chi connectivity index (χ4n) is 2.53. The lowest BCUT2D eigenvalue weighted by Gasteiger charge is -2.37. The fraction of sp³-hybridized carbons (Fsp3) is 0.909. The van der Waals surface area contributed by atoms with Crippen molar-refractivity contribution in [1.82, 2.24) is 8.61 Å². The zero-order chi connectivity index (χ0) is 12.5. The van der Waals surface area contributed by atoms with Gasteiger partial charge < -0.3 is 0 Å². The molecule has 0 aromatic heterocycles. The number of nitrogens with zero attached hydrogens (tertiary/aromatic N) is 2. The minimum atomic E-state index is -3.34. The van der Waals surface area contributed by atoms with Crippen molar-refractivity contribution in [2.24, 2.45) is 0 Å². The van der Waals surface area contributed by atoms with Crippen LogP contribution in [-0.2, 0) is 15.0 Å². The van der Waals surface area contributed by atoms with Crippen molar-refractivity contribution in [3.8, 4) is 0 Å². The first kappa shape index (κ1) is 13.0. The number of piperidine rings is 2. The molecule has 0 radical (unpaired) electrons. The molecule has 17 heavy (non-hydrogen) atoms. The Bertz CT molecular complexity index is 384. The van der Waals surface area contributed by atoms with E-state index in [-0.39, 0.29) is 11.8 Å². The van der Waals surface area contributed by atoms with Crippen LogP contribution in [0.25, 0.3) is 0 Å². The summed E-state index contributed by atoms with van der Waals surface area (Å²) in [5, 5.41) is 0. The molecule has 0 aromatic carbocycles. The zero-order valence-corrected chi connectivity index (χ0v) is 11.1. The van der Waals surface area contributed by atoms with E-state index in [0.29, 0.717) is 32.5 Å². The molecule has 0 N–H and O–H groups in total. The third-order valence-electron chi connectivity index (χ3n) is 3.64. The van der Waals surface area contributed by atoms with Gasteiger partial charge in [0.15, 0.2) is 0 Å². The van der Waals surface area contributed by atoms with E-state index in [1.165, 1.54) is 4.31 Å². The minimum absolute atomic E-state index is 0.0892. The summed E-state index contributed by atoms with van der Waals surface area (Å²) < 4.78 is 27.9. The van der Waals surface area contributed by atoms with Crippen LogP contribution < -0.4 is 0 Å². The average Bonchev–Trinajstić information content (AvgIpc) is 2.30. The Kier molecular flexibility index (Phi) is 3.85. The number of carbonyl (C=O) groups excluding carboxylic acids is 1. The van der Waals surface area contributed by atoms with Gasteiger partial charge in [0, 0.05) is 38.5 Å². The molecule has 0 spiro atoms. The summed E-state index contributed by atoms with van der Waals surface area (Å²) in [4.78, 5) is 11.1. The van der Waals surface area contributed by atoms with Crippen molar-refractivity contribution in [3.05, 3.63) is 0 Å². The lowest BCUT2D eigenvalue weighted by molar-refractivity contribution is -0.120. The first-order valence-corrected chi connectivity index (χ1v) is 7.70. The highest BCUT2D eigenvalue weighted by atomic mass is 32.2. The molecule has 6 heteroatoms. The Balaban J connectivity index is 2.09. The lowest BCUT2D eigenvalue weighted by Crippen LogP contribution is -2.51. The highest BCUT2D eigenvalue weighted by Crippen LogP contribution is 2.23. The van der Waals surface area contributed by atoms with Gasteiger partial charge in [-0.15, -0.1) is 0 Å². The molecule has 2 fully saturated rings. The molecule has 5 nitrogen and oxygen atoms in total. The Labute approximate surface area is 103 Å². The Morgan fingerprint density at radius 1 is 1.12 bits per heavy atom. The summed E-state index contributed by atoms with van der Waals surface area (Å²) >= 11 is 0. The van der Waals surface area contributed by atoms with Crippen LogP contribution in [0.15, 0.2) is 0 Å². The Hall–Kier alpha value is -0.460. The summed E-state index contributed by atoms with van der Waals surface area (Å²) in [6.45, 7) is 3.29. The highest BCUT2D eigenvalue weighted by molar-refractivity contribution is 7.86. The summed E-state index contributed by atoms with van der Waals surface area (Å²) in [7, 11) is -3.34. The predicted molar refractivity (Wildman–Crippen MR) is 64.8 cm³/mol. The van der Waals surface area contributed by atoms with E-state index in [4.69, 9.17) is 0 Å². The van der Waals surface area contributed by atoms with Crippen LogP contribution in [0.5, 0.6) is 0 Å². The quantitative estimate of drug-likeness (QED) is 0.737. The van der Waals surface area contributed by atoms with Crippen LogP contribution in [0.3, 0.4) is 0 Å². The van der Waals surface area contributed by atoms with Crippen LogP contribution in [0, 0.1) is 0 Å². The number of Topliss-reactive ketones (excluding diaryl/α,β-unsaturated/α-hetero) is 1. The number of hydrogen-bond acceptors (Lipinski definition) is 3. The molecule has 0 saturated carbocycles. The summed E-state index contributed by atoms with van der Waals surface area (Å²) in [6, 6.07) is 0.0892. The topological polar surface area (TPSA) is 57.7 Å². The van der Waals surface area contributed by atoms with E-state index in [1.807, 2.05) is 6.92 Å². The highest BCUT2D eigenvalue weighted by Gasteiger charge is 2.35. The van der Waals surface area contributed by atoms with Crippen molar-refractivity contribution in [2.45, 2.75) is 45.1 Å². The van der Waals surface area contributed by atoms with Gasteiger partial charge in [-0.3, -0.25) is 4.79 Å². The maximum atomic E-state index is 12.4. The summed E-state index contributed by atoms with van der Waals surface area (Å²) in [5.74, 6) is 0.170. The zero-order valence-electron chi connectivity index (χ0n) is 10.3. The maximum Gasteiger partial charge on any atom is 0.282 e. The summed E-state index contributed by atoms with van der Waals surface area (Å²) in [5.41, 5.74) is 0. The molecular formula is C11H20N2O3S. The monoisotopic (exact) mass is 260 g/mol. The van der Waals surface area contributed by atoms with Gasteiger partial charge in [0.05, 0.1) is 0 Å². The molecular weight excluding hydrogens is 240 g/mol. The lowest BCUT2D eigenvalue weighted by atomic mass is 10.1. The van der Waals surface area contributed by atoms with E-state index in [2.05, 4.69) is 0 Å². The molecule has 2 saturated heterocycles. The fourth-order valence-corrected chi connectivity index (χ4v) is 4.39. The number of hydrogen-bond donors (Lipinski definition) is 0. The smallest absolute Gasteiger partial charge is 0.282 e. The third-order valence-corrected chi connectivity index (χ3v) is 5.80. The van der Waals surface area contributed by atoms with Gasteiger partial charge in [-0.2, -0.15) is 17.0 Å². The summed E-state index contributed by atoms with van der Waals surface area (Å²) in [6.07, 6.45) is 3.71. The number of carbonyl (C=O) groups is 1. The van der Waals surface area contributed by atoms with E-state index >= 15 is 0 Å². The molecule has 0 aromatic rings. The largest absolute Gasteiger partial charge is 0.300 e. The Morgan fingerprint density at radius 2 is 1.76 bits per heavy atom. The van der Waals surface area contributed by atoms with E-state index < -0.39 is 10.2 Å². The predicted octanol–water partition coefficient (Wildman–Crippen LogP) is 0.771. The average molecular weight is 260 g/mol. The molecule has 2 rings (SSSR count). The molecule has 2 heterocycles. The molecule has 2 aliphatic heterocycles. The molecule has 1 atom stereocenters. The van der Waals surface area contributed by atoms with Gasteiger partial charge >= 0.3 is 0 Å².